The van der Waals surface area contributed by atoms with Crippen LogP contribution in [0.3, 0.4) is 0 Å². The molecule has 2 fully saturated rings. The fraction of sp³-hybridized carbons (Fsp3) is 0.583. The van der Waals surface area contributed by atoms with Crippen molar-refractivity contribution in [1.29, 1.82) is 0 Å². The average molecular weight is 249 g/mol. The van der Waals surface area contributed by atoms with Gasteiger partial charge in [0.1, 0.15) is 0 Å². The molecule has 1 aromatic rings. The van der Waals surface area contributed by atoms with Crippen LogP contribution in [0.5, 0.6) is 0 Å². The summed E-state index contributed by atoms with van der Waals surface area (Å²) in [6, 6.07) is 0. The number of hydrogen-bond donors (Lipinski definition) is 1. The van der Waals surface area contributed by atoms with Crippen LogP contribution in [-0.4, -0.2) is 33.3 Å². The van der Waals surface area contributed by atoms with Crippen LogP contribution >= 0.6 is 0 Å². The highest BCUT2D eigenvalue weighted by atomic mass is 16.4. The van der Waals surface area contributed by atoms with Crippen LogP contribution in [0.25, 0.3) is 0 Å². The third-order valence-corrected chi connectivity index (χ3v) is 3.55. The van der Waals surface area contributed by atoms with Gasteiger partial charge in [-0.2, -0.15) is 5.10 Å². The van der Waals surface area contributed by atoms with E-state index in [0.29, 0.717) is 5.69 Å². The Bertz CT molecular complexity index is 493. The lowest BCUT2D eigenvalue weighted by Crippen LogP contribution is -2.25. The lowest BCUT2D eigenvalue weighted by molar-refractivity contribution is -0.141. The SMILES string of the molecule is O=C(O)[C@H]1CC(=O)N(c2cnn(CC3CC3)c2)C1. The summed E-state index contributed by atoms with van der Waals surface area (Å²) in [5, 5.41) is 13.1. The lowest BCUT2D eigenvalue weighted by atomic mass is 10.1. The molecule has 1 aliphatic carbocycles. The average Bonchev–Trinajstić information content (AvgIpc) is 2.86. The number of hydrogen-bond acceptors (Lipinski definition) is 3. The molecule has 1 aliphatic heterocycles. The third kappa shape index (κ3) is 2.10. The first kappa shape index (κ1) is 11.3. The Hall–Kier alpha value is -1.85. The second-order valence-electron chi connectivity index (χ2n) is 5.11. The van der Waals surface area contributed by atoms with E-state index < -0.39 is 11.9 Å². The van der Waals surface area contributed by atoms with E-state index in [0.717, 1.165) is 12.5 Å². The maximum atomic E-state index is 11.8. The minimum atomic E-state index is -0.906. The van der Waals surface area contributed by atoms with E-state index in [1.165, 1.54) is 17.7 Å². The molecule has 0 bridgehead atoms. The van der Waals surface area contributed by atoms with E-state index in [-0.39, 0.29) is 18.9 Å². The number of carboxylic acid groups (broad SMARTS) is 1. The summed E-state index contributed by atoms with van der Waals surface area (Å²) in [5.74, 6) is -0.910. The Morgan fingerprint density at radius 2 is 2.28 bits per heavy atom. The minimum absolute atomic E-state index is 0.0864. The maximum absolute atomic E-state index is 11.8. The molecule has 6 nitrogen and oxygen atoms in total. The highest BCUT2D eigenvalue weighted by molar-refractivity contribution is 5.98. The number of carboxylic acids is 1. The van der Waals surface area contributed by atoms with Gasteiger partial charge in [-0.05, 0) is 18.8 Å². The number of carbonyl (C=O) groups excluding carboxylic acids is 1. The van der Waals surface area contributed by atoms with Gasteiger partial charge in [0.2, 0.25) is 5.91 Å². The van der Waals surface area contributed by atoms with Crippen molar-refractivity contribution in [3.8, 4) is 0 Å². The monoisotopic (exact) mass is 249 g/mol. The molecule has 1 aromatic heterocycles. The van der Waals surface area contributed by atoms with E-state index >= 15 is 0 Å². The van der Waals surface area contributed by atoms with Crippen molar-refractivity contribution in [2.45, 2.75) is 25.8 Å². The predicted octanol–water partition coefficient (Wildman–Crippen LogP) is 0.731. The van der Waals surface area contributed by atoms with Crippen molar-refractivity contribution in [2.75, 3.05) is 11.4 Å². The fourth-order valence-electron chi connectivity index (χ4n) is 2.28. The Morgan fingerprint density at radius 3 is 2.89 bits per heavy atom. The molecule has 96 valence electrons. The third-order valence-electron chi connectivity index (χ3n) is 3.55. The molecule has 6 heteroatoms. The van der Waals surface area contributed by atoms with Crippen molar-refractivity contribution in [1.82, 2.24) is 9.78 Å². The Labute approximate surface area is 104 Å². The fourth-order valence-corrected chi connectivity index (χ4v) is 2.28. The van der Waals surface area contributed by atoms with E-state index in [2.05, 4.69) is 5.10 Å². The van der Waals surface area contributed by atoms with Gasteiger partial charge in [0.25, 0.3) is 0 Å². The van der Waals surface area contributed by atoms with Crippen molar-refractivity contribution in [3.05, 3.63) is 12.4 Å². The summed E-state index contributed by atoms with van der Waals surface area (Å²) in [4.78, 5) is 24.2. The van der Waals surface area contributed by atoms with Gasteiger partial charge in [-0.15, -0.1) is 0 Å². The van der Waals surface area contributed by atoms with Crippen LogP contribution in [0.4, 0.5) is 5.69 Å². The molecule has 18 heavy (non-hydrogen) atoms. The topological polar surface area (TPSA) is 75.4 Å². The normalized spacial score (nSPS) is 23.7. The summed E-state index contributed by atoms with van der Waals surface area (Å²) in [6.07, 6.45) is 6.06. The number of rotatable bonds is 4. The molecular formula is C12H15N3O3. The first-order valence-corrected chi connectivity index (χ1v) is 6.19. The van der Waals surface area contributed by atoms with Gasteiger partial charge in [-0.1, -0.05) is 0 Å². The number of anilines is 1. The van der Waals surface area contributed by atoms with Crippen LogP contribution in [0, 0.1) is 11.8 Å². The highest BCUT2D eigenvalue weighted by Crippen LogP contribution is 2.31. The summed E-state index contributed by atoms with van der Waals surface area (Å²) < 4.78 is 1.84. The molecule has 1 amide bonds. The lowest BCUT2D eigenvalue weighted by Gasteiger charge is -2.12. The molecule has 2 heterocycles. The van der Waals surface area contributed by atoms with Gasteiger partial charge in [0.15, 0.2) is 0 Å². The Kier molecular flexibility index (Phi) is 2.57. The molecule has 3 rings (SSSR count). The van der Waals surface area contributed by atoms with Crippen LogP contribution in [0.1, 0.15) is 19.3 Å². The molecule has 1 N–H and O–H groups in total. The molecule has 1 atom stereocenters. The van der Waals surface area contributed by atoms with E-state index in [9.17, 15) is 9.59 Å². The predicted molar refractivity (Wildman–Crippen MR) is 63.0 cm³/mol. The summed E-state index contributed by atoms with van der Waals surface area (Å²) >= 11 is 0. The molecule has 2 aliphatic rings. The van der Waals surface area contributed by atoms with Gasteiger partial charge in [0, 0.05) is 25.7 Å². The number of aliphatic carboxylic acids is 1. The van der Waals surface area contributed by atoms with Crippen molar-refractivity contribution < 1.29 is 14.7 Å². The smallest absolute Gasteiger partial charge is 0.308 e. The minimum Gasteiger partial charge on any atom is -0.481 e. The molecular weight excluding hydrogens is 234 g/mol. The Morgan fingerprint density at radius 1 is 1.50 bits per heavy atom. The molecule has 0 spiro atoms. The van der Waals surface area contributed by atoms with Crippen LogP contribution in [0.2, 0.25) is 0 Å². The number of carbonyl (C=O) groups is 2. The van der Waals surface area contributed by atoms with Crippen LogP contribution in [-0.2, 0) is 16.1 Å². The van der Waals surface area contributed by atoms with Gasteiger partial charge in [0.05, 0.1) is 17.8 Å². The van der Waals surface area contributed by atoms with Crippen LogP contribution in [0.15, 0.2) is 12.4 Å². The Balaban J connectivity index is 1.71. The maximum Gasteiger partial charge on any atom is 0.308 e. The molecule has 0 unspecified atom stereocenters. The summed E-state index contributed by atoms with van der Waals surface area (Å²) in [6.45, 7) is 1.15. The first-order chi connectivity index (χ1) is 8.63. The number of nitrogens with zero attached hydrogens (tertiary/aromatic N) is 3. The van der Waals surface area contributed by atoms with Gasteiger partial charge >= 0.3 is 5.97 Å². The standard InChI is InChI=1S/C12H15N3O3/c16-11-3-9(12(17)18)6-15(11)10-4-13-14(7-10)5-8-1-2-8/h4,7-9H,1-3,5-6H2,(H,17,18)/t9-/m0/s1. The number of amides is 1. The van der Waals surface area contributed by atoms with Crippen molar-refractivity contribution in [2.24, 2.45) is 11.8 Å². The van der Waals surface area contributed by atoms with Gasteiger partial charge in [-0.3, -0.25) is 14.3 Å². The molecule has 0 aromatic carbocycles. The van der Waals surface area contributed by atoms with E-state index in [1.807, 2.05) is 10.9 Å². The second kappa shape index (κ2) is 4.12. The zero-order chi connectivity index (χ0) is 12.7. The second-order valence-corrected chi connectivity index (χ2v) is 5.11. The largest absolute Gasteiger partial charge is 0.481 e. The first-order valence-electron chi connectivity index (χ1n) is 6.19. The summed E-state index contributed by atoms with van der Waals surface area (Å²) in [5.41, 5.74) is 0.712. The number of aromatic nitrogens is 2. The van der Waals surface area contributed by atoms with Crippen molar-refractivity contribution >= 4 is 17.6 Å². The van der Waals surface area contributed by atoms with Gasteiger partial charge in [-0.25, -0.2) is 0 Å². The highest BCUT2D eigenvalue weighted by Gasteiger charge is 2.35. The zero-order valence-corrected chi connectivity index (χ0v) is 9.95. The zero-order valence-electron chi connectivity index (χ0n) is 9.95. The molecule has 0 radical (unpaired) electrons. The molecule has 1 saturated carbocycles. The van der Waals surface area contributed by atoms with E-state index in [4.69, 9.17) is 5.11 Å². The quantitative estimate of drug-likeness (QED) is 0.853. The molecule has 1 saturated heterocycles. The van der Waals surface area contributed by atoms with E-state index in [1.54, 1.807) is 6.20 Å². The van der Waals surface area contributed by atoms with Crippen molar-refractivity contribution in [3.63, 3.8) is 0 Å². The van der Waals surface area contributed by atoms with Crippen LogP contribution < -0.4 is 4.90 Å². The summed E-state index contributed by atoms with van der Waals surface area (Å²) in [7, 11) is 0. The van der Waals surface area contributed by atoms with Gasteiger partial charge < -0.3 is 10.0 Å².